The molecule has 1 fully saturated rings. The first kappa shape index (κ1) is 26.5. The number of aliphatic carboxylic acids is 1. The summed E-state index contributed by atoms with van der Waals surface area (Å²) in [5, 5.41) is 14.3. The Morgan fingerprint density at radius 3 is 2.27 bits per heavy atom. The Morgan fingerprint density at radius 2 is 1.57 bits per heavy atom. The van der Waals surface area contributed by atoms with Gasteiger partial charge in [-0.15, -0.1) is 0 Å². The maximum atomic E-state index is 12.7. The zero-order valence-electron chi connectivity index (χ0n) is 21.7. The first-order valence-electron chi connectivity index (χ1n) is 13.0. The number of carbonyl (C=O) groups is 3. The van der Waals surface area contributed by atoms with Crippen LogP contribution in [0.3, 0.4) is 0 Å². The van der Waals surface area contributed by atoms with Crippen molar-refractivity contribution in [3.05, 3.63) is 90.0 Å². The molecule has 0 spiro atoms. The number of amides is 2. The number of aromatic nitrogens is 2. The molecule has 0 radical (unpaired) electrons. The summed E-state index contributed by atoms with van der Waals surface area (Å²) in [5.41, 5.74) is 4.12. The van der Waals surface area contributed by atoms with Crippen molar-refractivity contribution in [2.45, 2.75) is 12.6 Å². The quantitative estimate of drug-likeness (QED) is 0.253. The third-order valence-corrected chi connectivity index (χ3v) is 6.72. The fraction of sp³-hybridized carbons (Fsp3) is 0.241. The average Bonchev–Trinajstić information content (AvgIpc) is 3.43. The molecule has 1 saturated heterocycles. The highest BCUT2D eigenvalue weighted by molar-refractivity contribution is 5.95. The van der Waals surface area contributed by atoms with Crippen LogP contribution in [0.25, 0.3) is 11.0 Å². The number of aromatic amines is 1. The number of carbonyl (C=O) groups excluding carboxylic acids is 2. The predicted octanol–water partition coefficient (Wildman–Crippen LogP) is 3.00. The highest BCUT2D eigenvalue weighted by atomic mass is 16.5. The third-order valence-electron chi connectivity index (χ3n) is 6.72. The van der Waals surface area contributed by atoms with Gasteiger partial charge in [0.05, 0.1) is 11.0 Å². The number of hydrogen-bond acceptors (Lipinski definition) is 7. The maximum Gasteiger partial charge on any atom is 0.408 e. The van der Waals surface area contributed by atoms with Gasteiger partial charge in [0.25, 0.3) is 5.91 Å². The lowest BCUT2D eigenvalue weighted by Gasteiger charge is -2.36. The molecule has 2 heterocycles. The Labute approximate surface area is 230 Å². The standard InChI is InChI=1S/C29H30N6O5/c36-26(30-18-25(27(37)38)33-29(39)40-19-20-6-2-1-3-7-20)21-10-12-22(13-11-21)34-14-16-35(17-15-34)28-31-23-8-4-5-9-24(23)32-28/h1-13,25H,14-19H2,(H,30,36)(H,31,32)(H,33,39)(H,37,38). The molecule has 0 bridgehead atoms. The normalized spacial score (nSPS) is 14.0. The summed E-state index contributed by atoms with van der Waals surface area (Å²) in [6.07, 6.45) is -0.879. The SMILES string of the molecule is O=C(NC(CNC(=O)c1ccc(N2CCN(c3nc4ccccc4[nH]3)CC2)cc1)C(=O)O)OCc1ccccc1. The minimum atomic E-state index is -1.34. The van der Waals surface area contributed by atoms with Crippen LogP contribution in [0.15, 0.2) is 78.9 Å². The molecule has 4 N–H and O–H groups in total. The number of imidazole rings is 1. The first-order chi connectivity index (χ1) is 19.5. The van der Waals surface area contributed by atoms with Gasteiger partial charge >= 0.3 is 12.1 Å². The number of hydrogen-bond donors (Lipinski definition) is 4. The lowest BCUT2D eigenvalue weighted by Crippen LogP contribution is -2.48. The van der Waals surface area contributed by atoms with E-state index in [1.807, 2.05) is 54.6 Å². The second kappa shape index (κ2) is 12.2. The van der Waals surface area contributed by atoms with Crippen molar-refractivity contribution in [1.82, 2.24) is 20.6 Å². The van der Waals surface area contributed by atoms with E-state index in [0.29, 0.717) is 5.56 Å². The van der Waals surface area contributed by atoms with Crippen LogP contribution in [-0.4, -0.2) is 71.8 Å². The van der Waals surface area contributed by atoms with E-state index in [9.17, 15) is 19.5 Å². The van der Waals surface area contributed by atoms with E-state index < -0.39 is 24.0 Å². The summed E-state index contributed by atoms with van der Waals surface area (Å²) < 4.78 is 5.08. The molecule has 4 aromatic rings. The van der Waals surface area contributed by atoms with E-state index >= 15 is 0 Å². The lowest BCUT2D eigenvalue weighted by molar-refractivity contribution is -0.139. The van der Waals surface area contributed by atoms with Crippen molar-refractivity contribution >= 4 is 40.6 Å². The predicted molar refractivity (Wildman–Crippen MR) is 150 cm³/mol. The Morgan fingerprint density at radius 1 is 0.900 bits per heavy atom. The third kappa shape index (κ3) is 6.49. The van der Waals surface area contributed by atoms with Gasteiger partial charge in [-0.25, -0.2) is 14.6 Å². The van der Waals surface area contributed by atoms with Crippen LogP contribution in [-0.2, 0) is 16.1 Å². The molecule has 1 aromatic heterocycles. The van der Waals surface area contributed by atoms with E-state index in [2.05, 4.69) is 30.4 Å². The molecule has 11 nitrogen and oxygen atoms in total. The zero-order valence-corrected chi connectivity index (χ0v) is 21.7. The van der Waals surface area contributed by atoms with Crippen molar-refractivity contribution in [2.24, 2.45) is 0 Å². The number of rotatable bonds is 9. The largest absolute Gasteiger partial charge is 0.480 e. The van der Waals surface area contributed by atoms with Gasteiger partial charge in [-0.05, 0) is 42.0 Å². The maximum absolute atomic E-state index is 12.7. The number of alkyl carbamates (subject to hydrolysis) is 1. The van der Waals surface area contributed by atoms with Crippen molar-refractivity contribution < 1.29 is 24.2 Å². The molecule has 3 aromatic carbocycles. The van der Waals surface area contributed by atoms with Crippen LogP contribution in [0.2, 0.25) is 0 Å². The van der Waals surface area contributed by atoms with Gasteiger partial charge < -0.3 is 35.3 Å². The van der Waals surface area contributed by atoms with Gasteiger partial charge in [-0.2, -0.15) is 0 Å². The number of ether oxygens (including phenoxy) is 1. The molecule has 1 unspecified atom stereocenters. The minimum Gasteiger partial charge on any atom is -0.480 e. The van der Waals surface area contributed by atoms with Gasteiger partial charge in [-0.3, -0.25) is 4.79 Å². The van der Waals surface area contributed by atoms with Crippen LogP contribution in [0, 0.1) is 0 Å². The van der Waals surface area contributed by atoms with E-state index in [-0.39, 0.29) is 13.2 Å². The summed E-state index contributed by atoms with van der Waals surface area (Å²) in [7, 11) is 0. The second-order valence-electron chi connectivity index (χ2n) is 9.41. The monoisotopic (exact) mass is 542 g/mol. The van der Waals surface area contributed by atoms with Gasteiger partial charge in [0.2, 0.25) is 5.95 Å². The number of para-hydroxylation sites is 2. The van der Waals surface area contributed by atoms with E-state index in [1.165, 1.54) is 0 Å². The number of H-pyrrole nitrogens is 1. The number of carboxylic acids is 1. The molecule has 40 heavy (non-hydrogen) atoms. The van der Waals surface area contributed by atoms with Gasteiger partial charge in [0.15, 0.2) is 0 Å². The van der Waals surface area contributed by atoms with Gasteiger partial charge in [0, 0.05) is 44.0 Å². The summed E-state index contributed by atoms with van der Waals surface area (Å²) in [6.45, 7) is 2.93. The number of piperazine rings is 1. The molecule has 11 heteroatoms. The molecule has 1 aliphatic rings. The number of fused-ring (bicyclic) bond motifs is 1. The number of anilines is 2. The lowest BCUT2D eigenvalue weighted by atomic mass is 10.1. The molecule has 2 amide bonds. The summed E-state index contributed by atoms with van der Waals surface area (Å²) >= 11 is 0. The smallest absolute Gasteiger partial charge is 0.408 e. The molecular weight excluding hydrogens is 512 g/mol. The van der Waals surface area contributed by atoms with E-state index in [4.69, 9.17) is 4.74 Å². The molecule has 5 rings (SSSR count). The fourth-order valence-electron chi connectivity index (χ4n) is 4.49. The summed E-state index contributed by atoms with van der Waals surface area (Å²) in [5.74, 6) is -0.854. The van der Waals surface area contributed by atoms with E-state index in [0.717, 1.165) is 54.4 Å². The molecular formula is C29H30N6O5. The number of benzene rings is 3. The van der Waals surface area contributed by atoms with Crippen LogP contribution in [0.4, 0.5) is 16.4 Å². The highest BCUT2D eigenvalue weighted by Gasteiger charge is 2.23. The summed E-state index contributed by atoms with van der Waals surface area (Å²) in [4.78, 5) is 48.8. The van der Waals surface area contributed by atoms with Crippen molar-refractivity contribution in [2.75, 3.05) is 42.5 Å². The Hall–Kier alpha value is -5.06. The Bertz CT molecular complexity index is 1430. The van der Waals surface area contributed by atoms with Crippen molar-refractivity contribution in [3.8, 4) is 0 Å². The minimum absolute atomic E-state index is 0.00662. The van der Waals surface area contributed by atoms with Crippen molar-refractivity contribution in [1.29, 1.82) is 0 Å². The molecule has 0 saturated carbocycles. The van der Waals surface area contributed by atoms with Crippen molar-refractivity contribution in [3.63, 3.8) is 0 Å². The van der Waals surface area contributed by atoms with Crippen LogP contribution >= 0.6 is 0 Å². The van der Waals surface area contributed by atoms with Crippen LogP contribution in [0.5, 0.6) is 0 Å². The molecule has 1 atom stereocenters. The Balaban J connectivity index is 1.09. The van der Waals surface area contributed by atoms with Crippen LogP contribution in [0.1, 0.15) is 15.9 Å². The molecule has 1 aliphatic heterocycles. The molecule has 206 valence electrons. The average molecular weight is 543 g/mol. The van der Waals surface area contributed by atoms with E-state index in [1.54, 1.807) is 24.3 Å². The second-order valence-corrected chi connectivity index (χ2v) is 9.41. The summed E-state index contributed by atoms with van der Waals surface area (Å²) in [6, 6.07) is 22.8. The number of carboxylic acid groups (broad SMARTS) is 1. The topological polar surface area (TPSA) is 140 Å². The van der Waals surface area contributed by atoms with Gasteiger partial charge in [-0.1, -0.05) is 42.5 Å². The van der Waals surface area contributed by atoms with Gasteiger partial charge in [0.1, 0.15) is 12.6 Å². The number of nitrogens with one attached hydrogen (secondary N) is 3. The number of nitrogens with zero attached hydrogens (tertiary/aromatic N) is 3. The molecule has 0 aliphatic carbocycles. The zero-order chi connectivity index (χ0) is 27.9. The highest BCUT2D eigenvalue weighted by Crippen LogP contribution is 2.21. The first-order valence-corrected chi connectivity index (χ1v) is 13.0. The Kier molecular flexibility index (Phi) is 8.10. The van der Waals surface area contributed by atoms with Crippen LogP contribution < -0.4 is 20.4 Å². The fourth-order valence-corrected chi connectivity index (χ4v) is 4.49.